The topological polar surface area (TPSA) is 73.9 Å². The fraction of sp³-hybridized carbons (Fsp3) is 0.438. The van der Waals surface area contributed by atoms with Crippen LogP contribution in [0.15, 0.2) is 65.0 Å². The second-order valence-electron chi connectivity index (χ2n) is 10.7. The fourth-order valence-corrected chi connectivity index (χ4v) is 6.27. The van der Waals surface area contributed by atoms with Crippen molar-refractivity contribution in [1.29, 1.82) is 0 Å². The van der Waals surface area contributed by atoms with Crippen molar-refractivity contribution < 1.29 is 23.8 Å². The molecule has 38 heavy (non-hydrogen) atoms. The molecule has 0 bridgehead atoms. The van der Waals surface area contributed by atoms with Gasteiger partial charge in [-0.15, -0.1) is 0 Å². The summed E-state index contributed by atoms with van der Waals surface area (Å²) in [7, 11) is 3.23. The number of methoxy groups -OCH3 is 2. The molecule has 1 fully saturated rings. The number of aryl methyl sites for hydroxylation is 1. The highest BCUT2D eigenvalue weighted by atomic mass is 16.5. The van der Waals surface area contributed by atoms with Crippen LogP contribution in [0.5, 0.6) is 11.5 Å². The first kappa shape index (κ1) is 26.1. The Balaban J connectivity index is 1.52. The normalized spacial score (nSPS) is 22.1. The Morgan fingerprint density at radius 3 is 2.37 bits per heavy atom. The SMILES string of the molecule is COc1ccc([C@H]2CC(=O)C3=C(C2)NC(C)=C(C(=O)OC2CCCCC2)[C@H]3c2ccccc2C)cc1OC. The average Bonchev–Trinajstić information content (AvgIpc) is 2.92. The second kappa shape index (κ2) is 11.1. The quantitative estimate of drug-likeness (QED) is 0.459. The van der Waals surface area contributed by atoms with Crippen LogP contribution in [-0.4, -0.2) is 32.1 Å². The van der Waals surface area contributed by atoms with Gasteiger partial charge in [0.1, 0.15) is 6.10 Å². The second-order valence-corrected chi connectivity index (χ2v) is 10.7. The van der Waals surface area contributed by atoms with E-state index in [0.717, 1.165) is 53.8 Å². The zero-order chi connectivity index (χ0) is 26.8. The molecule has 6 nitrogen and oxygen atoms in total. The molecule has 0 unspecified atom stereocenters. The predicted molar refractivity (Wildman–Crippen MR) is 146 cm³/mol. The molecule has 1 saturated carbocycles. The minimum absolute atomic E-state index is 0.00498. The lowest BCUT2D eigenvalue weighted by atomic mass is 9.71. The van der Waals surface area contributed by atoms with E-state index in [-0.39, 0.29) is 23.8 Å². The molecular formula is C32H37NO5. The molecule has 6 heteroatoms. The van der Waals surface area contributed by atoms with Crippen molar-refractivity contribution in [2.75, 3.05) is 14.2 Å². The summed E-state index contributed by atoms with van der Waals surface area (Å²) in [6.45, 7) is 3.97. The first-order valence-corrected chi connectivity index (χ1v) is 13.6. The fourth-order valence-electron chi connectivity index (χ4n) is 6.27. The molecule has 0 spiro atoms. The van der Waals surface area contributed by atoms with Crippen molar-refractivity contribution in [3.63, 3.8) is 0 Å². The zero-order valence-electron chi connectivity index (χ0n) is 22.8. The summed E-state index contributed by atoms with van der Waals surface area (Å²) in [6, 6.07) is 13.9. The molecule has 2 aromatic carbocycles. The van der Waals surface area contributed by atoms with E-state index in [9.17, 15) is 9.59 Å². The number of ether oxygens (including phenoxy) is 3. The van der Waals surface area contributed by atoms with Gasteiger partial charge in [-0.25, -0.2) is 4.79 Å². The molecule has 2 aliphatic carbocycles. The molecule has 3 aliphatic rings. The molecule has 1 heterocycles. The standard InChI is InChI=1S/C32H37NO5/c1-19-10-8-9-13-24(19)30-29(32(35)38-23-11-6-5-7-12-23)20(2)33-25-16-22(17-26(34)31(25)30)21-14-15-27(36-3)28(18-21)37-4/h8-10,13-15,18,22-23,30,33H,5-7,11-12,16-17H2,1-4H3/t22-,30-/m1/s1. The van der Waals surface area contributed by atoms with Gasteiger partial charge >= 0.3 is 5.97 Å². The molecule has 0 aromatic heterocycles. The van der Waals surface area contributed by atoms with Crippen molar-refractivity contribution in [3.05, 3.63) is 81.7 Å². The molecule has 0 saturated heterocycles. The smallest absolute Gasteiger partial charge is 0.337 e. The summed E-state index contributed by atoms with van der Waals surface area (Å²) < 4.78 is 17.0. The van der Waals surface area contributed by atoms with Gasteiger partial charge in [0.2, 0.25) is 0 Å². The van der Waals surface area contributed by atoms with E-state index < -0.39 is 5.92 Å². The summed E-state index contributed by atoms with van der Waals surface area (Å²) in [6.07, 6.45) is 6.14. The Hall–Kier alpha value is -3.54. The van der Waals surface area contributed by atoms with E-state index in [1.807, 2.05) is 56.3 Å². The summed E-state index contributed by atoms with van der Waals surface area (Å²) in [5, 5.41) is 3.47. The van der Waals surface area contributed by atoms with Gasteiger partial charge in [-0.2, -0.15) is 0 Å². The molecule has 1 N–H and O–H groups in total. The average molecular weight is 516 g/mol. The third-order valence-corrected chi connectivity index (χ3v) is 8.25. The molecule has 0 radical (unpaired) electrons. The minimum atomic E-state index is -0.442. The van der Waals surface area contributed by atoms with Crippen LogP contribution in [0.3, 0.4) is 0 Å². The summed E-state index contributed by atoms with van der Waals surface area (Å²) >= 11 is 0. The Morgan fingerprint density at radius 1 is 0.921 bits per heavy atom. The number of allylic oxidation sites excluding steroid dienone is 3. The third-order valence-electron chi connectivity index (χ3n) is 8.25. The van der Waals surface area contributed by atoms with E-state index in [2.05, 4.69) is 5.32 Å². The maximum Gasteiger partial charge on any atom is 0.337 e. The maximum atomic E-state index is 13.9. The van der Waals surface area contributed by atoms with Gasteiger partial charge in [-0.05, 0) is 80.7 Å². The first-order chi connectivity index (χ1) is 18.4. The van der Waals surface area contributed by atoms with Crippen LogP contribution in [0.4, 0.5) is 0 Å². The Kier molecular flexibility index (Phi) is 7.59. The number of Topliss-reactive ketones (excluding diaryl/α,β-unsaturated/α-hetero) is 1. The highest BCUT2D eigenvalue weighted by molar-refractivity contribution is 6.04. The van der Waals surface area contributed by atoms with Gasteiger partial charge < -0.3 is 19.5 Å². The van der Waals surface area contributed by atoms with E-state index >= 15 is 0 Å². The number of carbonyl (C=O) groups excluding carboxylic acids is 2. The van der Waals surface area contributed by atoms with Gasteiger partial charge in [0.05, 0.1) is 19.8 Å². The van der Waals surface area contributed by atoms with Crippen molar-refractivity contribution >= 4 is 11.8 Å². The summed E-state index contributed by atoms with van der Waals surface area (Å²) in [5.41, 5.74) is 5.96. The van der Waals surface area contributed by atoms with Gasteiger partial charge in [-0.1, -0.05) is 36.8 Å². The number of carbonyl (C=O) groups is 2. The highest BCUT2D eigenvalue weighted by Crippen LogP contribution is 2.47. The molecular weight excluding hydrogens is 478 g/mol. The van der Waals surface area contributed by atoms with Crippen LogP contribution in [0.2, 0.25) is 0 Å². The maximum absolute atomic E-state index is 13.9. The van der Waals surface area contributed by atoms with Gasteiger partial charge in [0, 0.05) is 29.3 Å². The van der Waals surface area contributed by atoms with Crippen molar-refractivity contribution in [2.45, 2.75) is 76.7 Å². The van der Waals surface area contributed by atoms with E-state index in [1.54, 1.807) is 14.2 Å². The largest absolute Gasteiger partial charge is 0.493 e. The van der Waals surface area contributed by atoms with Crippen molar-refractivity contribution in [1.82, 2.24) is 5.32 Å². The lowest BCUT2D eigenvalue weighted by Gasteiger charge is -2.37. The van der Waals surface area contributed by atoms with Gasteiger partial charge in [0.25, 0.3) is 0 Å². The van der Waals surface area contributed by atoms with Crippen LogP contribution >= 0.6 is 0 Å². The van der Waals surface area contributed by atoms with Gasteiger partial charge in [-0.3, -0.25) is 4.79 Å². The van der Waals surface area contributed by atoms with E-state index in [4.69, 9.17) is 14.2 Å². The number of dihydropyridines is 1. The number of nitrogens with one attached hydrogen (secondary N) is 1. The molecule has 2 aromatic rings. The van der Waals surface area contributed by atoms with Crippen molar-refractivity contribution in [2.24, 2.45) is 0 Å². The van der Waals surface area contributed by atoms with E-state index in [0.29, 0.717) is 35.5 Å². The van der Waals surface area contributed by atoms with Crippen LogP contribution in [0.25, 0.3) is 0 Å². The molecule has 5 rings (SSSR count). The number of ketones is 1. The van der Waals surface area contributed by atoms with Crippen LogP contribution in [0.1, 0.15) is 80.4 Å². The number of esters is 1. The Morgan fingerprint density at radius 2 is 1.66 bits per heavy atom. The lowest BCUT2D eigenvalue weighted by molar-refractivity contribution is -0.146. The number of hydrogen-bond acceptors (Lipinski definition) is 6. The minimum Gasteiger partial charge on any atom is -0.493 e. The van der Waals surface area contributed by atoms with Crippen molar-refractivity contribution in [3.8, 4) is 11.5 Å². The molecule has 0 amide bonds. The van der Waals surface area contributed by atoms with Gasteiger partial charge in [0.15, 0.2) is 17.3 Å². The monoisotopic (exact) mass is 515 g/mol. The Labute approximate surface area is 225 Å². The number of rotatable bonds is 6. The highest BCUT2D eigenvalue weighted by Gasteiger charge is 2.42. The molecule has 2 atom stereocenters. The zero-order valence-corrected chi connectivity index (χ0v) is 22.8. The number of benzene rings is 2. The predicted octanol–water partition coefficient (Wildman–Crippen LogP) is 6.25. The van der Waals surface area contributed by atoms with Crippen LogP contribution < -0.4 is 14.8 Å². The molecule has 200 valence electrons. The summed E-state index contributed by atoms with van der Waals surface area (Å²) in [5.74, 6) is 0.611. The summed E-state index contributed by atoms with van der Waals surface area (Å²) in [4.78, 5) is 27.6. The Bertz CT molecular complexity index is 1300. The molecule has 1 aliphatic heterocycles. The lowest BCUT2D eigenvalue weighted by Crippen LogP contribution is -2.37. The van der Waals surface area contributed by atoms with Crippen LogP contribution in [0, 0.1) is 6.92 Å². The van der Waals surface area contributed by atoms with E-state index in [1.165, 1.54) is 6.42 Å². The first-order valence-electron chi connectivity index (χ1n) is 13.6. The van der Waals surface area contributed by atoms with Crippen LogP contribution in [-0.2, 0) is 14.3 Å². The third kappa shape index (κ3) is 4.96. The number of hydrogen-bond donors (Lipinski definition) is 1.